The molecule has 0 radical (unpaired) electrons. The zero-order chi connectivity index (χ0) is 13.0. The molecule has 0 saturated carbocycles. The second-order valence-corrected chi connectivity index (χ2v) is 5.95. The minimum atomic E-state index is 0.544. The summed E-state index contributed by atoms with van der Waals surface area (Å²) in [6.07, 6.45) is 1.97. The van der Waals surface area contributed by atoms with Gasteiger partial charge in [-0.3, -0.25) is 0 Å². The van der Waals surface area contributed by atoms with Gasteiger partial charge in [-0.15, -0.1) is 11.3 Å². The number of benzene rings is 1. The number of hydrogen-bond donors (Lipinski definition) is 1. The Morgan fingerprint density at radius 2 is 2.22 bits per heavy atom. The van der Waals surface area contributed by atoms with Crippen molar-refractivity contribution in [2.24, 2.45) is 11.7 Å². The summed E-state index contributed by atoms with van der Waals surface area (Å²) in [4.78, 5) is 4.59. The van der Waals surface area contributed by atoms with Crippen molar-refractivity contribution in [3.63, 3.8) is 0 Å². The number of aryl methyl sites for hydroxylation is 1. The zero-order valence-electron chi connectivity index (χ0n) is 11.0. The van der Waals surface area contributed by atoms with Gasteiger partial charge in [0.2, 0.25) is 0 Å². The van der Waals surface area contributed by atoms with Crippen LogP contribution in [0.25, 0.3) is 10.2 Å². The molecule has 1 aromatic heterocycles. The van der Waals surface area contributed by atoms with Gasteiger partial charge in [-0.05, 0) is 37.1 Å². The molecular weight excluding hydrogens is 244 g/mol. The third-order valence-electron chi connectivity index (χ3n) is 2.58. The van der Waals surface area contributed by atoms with E-state index in [2.05, 4.69) is 24.9 Å². The van der Waals surface area contributed by atoms with E-state index in [0.29, 0.717) is 5.92 Å². The largest absolute Gasteiger partial charge is 0.493 e. The lowest BCUT2D eigenvalue weighted by Gasteiger charge is -2.07. The molecule has 0 aliphatic rings. The smallest absolute Gasteiger partial charge is 0.120 e. The summed E-state index contributed by atoms with van der Waals surface area (Å²) in [6.45, 7) is 5.77. The van der Waals surface area contributed by atoms with Crippen molar-refractivity contribution in [3.05, 3.63) is 23.2 Å². The van der Waals surface area contributed by atoms with Crippen LogP contribution >= 0.6 is 11.3 Å². The van der Waals surface area contributed by atoms with Crippen molar-refractivity contribution < 1.29 is 4.74 Å². The Bertz CT molecular complexity index is 507. The van der Waals surface area contributed by atoms with Crippen molar-refractivity contribution in [2.45, 2.75) is 26.7 Å². The molecule has 0 spiro atoms. The maximum Gasteiger partial charge on any atom is 0.120 e. The molecule has 2 rings (SSSR count). The lowest BCUT2D eigenvalue weighted by molar-refractivity contribution is 0.271. The molecule has 98 valence electrons. The van der Waals surface area contributed by atoms with Crippen LogP contribution in [0.2, 0.25) is 0 Å². The summed E-state index contributed by atoms with van der Waals surface area (Å²) < 4.78 is 6.92. The van der Waals surface area contributed by atoms with Gasteiger partial charge >= 0.3 is 0 Å². The van der Waals surface area contributed by atoms with Crippen molar-refractivity contribution in [1.82, 2.24) is 4.98 Å². The number of hydrogen-bond acceptors (Lipinski definition) is 4. The molecule has 0 aliphatic carbocycles. The summed E-state index contributed by atoms with van der Waals surface area (Å²) in [7, 11) is 0. The minimum Gasteiger partial charge on any atom is -0.493 e. The van der Waals surface area contributed by atoms with E-state index in [1.165, 1.54) is 4.70 Å². The lowest BCUT2D eigenvalue weighted by atomic mass is 10.2. The van der Waals surface area contributed by atoms with E-state index in [9.17, 15) is 0 Å². The number of nitrogens with zero attached hydrogens (tertiary/aromatic N) is 1. The predicted molar refractivity (Wildman–Crippen MR) is 77.3 cm³/mol. The van der Waals surface area contributed by atoms with Gasteiger partial charge in [0.15, 0.2) is 0 Å². The fraction of sp³-hybridized carbons (Fsp3) is 0.500. The standard InChI is InChI=1S/C14H20N2OS/c1-10(2)9-17-11-5-6-12-13(8-11)18-14(16-12)4-3-7-15/h5-6,8,10H,3-4,7,9,15H2,1-2H3. The number of thiazole rings is 1. The maximum absolute atomic E-state index is 5.72. The van der Waals surface area contributed by atoms with Crippen LogP contribution < -0.4 is 10.5 Å². The summed E-state index contributed by atoms with van der Waals surface area (Å²) in [5.74, 6) is 1.48. The molecule has 0 unspecified atom stereocenters. The summed E-state index contributed by atoms with van der Waals surface area (Å²) in [5, 5.41) is 1.16. The van der Waals surface area contributed by atoms with E-state index >= 15 is 0 Å². The first kappa shape index (κ1) is 13.3. The molecule has 0 bridgehead atoms. The van der Waals surface area contributed by atoms with Gasteiger partial charge in [-0.25, -0.2) is 4.98 Å². The lowest BCUT2D eigenvalue weighted by Crippen LogP contribution is -2.04. The first-order valence-electron chi connectivity index (χ1n) is 6.41. The monoisotopic (exact) mass is 264 g/mol. The summed E-state index contributed by atoms with van der Waals surface area (Å²) in [5.41, 5.74) is 6.58. The highest BCUT2D eigenvalue weighted by atomic mass is 32.1. The molecule has 0 aliphatic heterocycles. The molecule has 2 aromatic rings. The fourth-order valence-corrected chi connectivity index (χ4v) is 2.70. The Kier molecular flexibility index (Phi) is 4.55. The van der Waals surface area contributed by atoms with Crippen LogP contribution in [0.15, 0.2) is 18.2 Å². The predicted octanol–water partition coefficient (Wildman–Crippen LogP) is 3.22. The number of nitrogens with two attached hydrogens (primary N) is 1. The van der Waals surface area contributed by atoms with Crippen LogP contribution in [0.3, 0.4) is 0 Å². The Hall–Kier alpha value is -1.13. The van der Waals surface area contributed by atoms with Crippen LogP contribution in [0.1, 0.15) is 25.3 Å². The van der Waals surface area contributed by atoms with E-state index < -0.39 is 0 Å². The van der Waals surface area contributed by atoms with Gasteiger partial charge in [0.25, 0.3) is 0 Å². The number of aromatic nitrogens is 1. The van der Waals surface area contributed by atoms with Crippen LogP contribution in [0.4, 0.5) is 0 Å². The van der Waals surface area contributed by atoms with Crippen molar-refractivity contribution >= 4 is 21.6 Å². The van der Waals surface area contributed by atoms with Gasteiger partial charge in [0.05, 0.1) is 21.8 Å². The van der Waals surface area contributed by atoms with Crippen molar-refractivity contribution in [2.75, 3.05) is 13.2 Å². The average molecular weight is 264 g/mol. The zero-order valence-corrected chi connectivity index (χ0v) is 11.8. The Morgan fingerprint density at radius 3 is 2.94 bits per heavy atom. The van der Waals surface area contributed by atoms with Crippen molar-refractivity contribution in [1.29, 1.82) is 0 Å². The van der Waals surface area contributed by atoms with Crippen molar-refractivity contribution in [3.8, 4) is 5.75 Å². The van der Waals surface area contributed by atoms with Gasteiger partial charge in [-0.2, -0.15) is 0 Å². The van der Waals surface area contributed by atoms with Gasteiger partial charge in [0.1, 0.15) is 5.75 Å². The normalized spacial score (nSPS) is 11.3. The Balaban J connectivity index is 2.12. The van der Waals surface area contributed by atoms with Crippen LogP contribution in [-0.2, 0) is 6.42 Å². The molecular formula is C14H20N2OS. The summed E-state index contributed by atoms with van der Waals surface area (Å²) in [6, 6.07) is 6.12. The first-order valence-corrected chi connectivity index (χ1v) is 7.23. The SMILES string of the molecule is CC(C)COc1ccc2nc(CCCN)sc2c1. The second kappa shape index (κ2) is 6.16. The molecule has 1 heterocycles. The van der Waals surface area contributed by atoms with Crippen LogP contribution in [0, 0.1) is 5.92 Å². The molecule has 0 saturated heterocycles. The highest BCUT2D eigenvalue weighted by Gasteiger charge is 2.05. The van der Waals surface area contributed by atoms with Gasteiger partial charge in [0, 0.05) is 6.42 Å². The highest BCUT2D eigenvalue weighted by molar-refractivity contribution is 7.18. The van der Waals surface area contributed by atoms with E-state index in [1.54, 1.807) is 11.3 Å². The highest BCUT2D eigenvalue weighted by Crippen LogP contribution is 2.27. The van der Waals surface area contributed by atoms with Gasteiger partial charge < -0.3 is 10.5 Å². The summed E-state index contributed by atoms with van der Waals surface area (Å²) >= 11 is 1.74. The fourth-order valence-electron chi connectivity index (χ4n) is 1.67. The molecule has 0 fully saturated rings. The molecule has 2 N–H and O–H groups in total. The quantitative estimate of drug-likeness (QED) is 0.871. The Morgan fingerprint density at radius 1 is 1.39 bits per heavy atom. The topological polar surface area (TPSA) is 48.1 Å². The average Bonchev–Trinajstić information content (AvgIpc) is 2.75. The molecule has 18 heavy (non-hydrogen) atoms. The molecule has 4 heteroatoms. The van der Waals surface area contributed by atoms with Gasteiger partial charge in [-0.1, -0.05) is 13.8 Å². The van der Waals surface area contributed by atoms with E-state index in [0.717, 1.165) is 42.3 Å². The third kappa shape index (κ3) is 3.43. The molecule has 0 atom stereocenters. The Labute approximate surface area is 112 Å². The number of rotatable bonds is 6. The maximum atomic E-state index is 5.72. The number of fused-ring (bicyclic) bond motifs is 1. The molecule has 0 amide bonds. The molecule has 3 nitrogen and oxygen atoms in total. The van der Waals surface area contributed by atoms with Crippen LogP contribution in [0.5, 0.6) is 5.75 Å². The van der Waals surface area contributed by atoms with E-state index in [-0.39, 0.29) is 0 Å². The number of ether oxygens (including phenoxy) is 1. The second-order valence-electron chi connectivity index (χ2n) is 4.83. The van der Waals surface area contributed by atoms with Crippen LogP contribution in [-0.4, -0.2) is 18.1 Å². The van der Waals surface area contributed by atoms with E-state index in [1.807, 2.05) is 12.1 Å². The van der Waals surface area contributed by atoms with E-state index in [4.69, 9.17) is 10.5 Å². The molecule has 1 aromatic carbocycles. The first-order chi connectivity index (χ1) is 8.69. The minimum absolute atomic E-state index is 0.544. The third-order valence-corrected chi connectivity index (χ3v) is 3.66.